The number of pyridine rings is 1. The van der Waals surface area contributed by atoms with Crippen LogP contribution in [0.1, 0.15) is 83.1 Å². The molecule has 37 heavy (non-hydrogen) atoms. The van der Waals surface area contributed by atoms with E-state index in [9.17, 15) is 9.59 Å². The highest BCUT2D eigenvalue weighted by molar-refractivity contribution is 5.78. The van der Waals surface area contributed by atoms with Crippen LogP contribution in [0, 0.1) is 11.8 Å². The fraction of sp³-hybridized carbons (Fsp3) is 0.581. The van der Waals surface area contributed by atoms with E-state index in [2.05, 4.69) is 9.88 Å². The normalized spacial score (nSPS) is 32.2. The molecule has 194 valence electrons. The third kappa shape index (κ3) is 4.27. The molecular formula is C31H38N4O2. The Labute approximate surface area is 218 Å². The number of aromatic amines is 1. The molecule has 0 spiro atoms. The van der Waals surface area contributed by atoms with E-state index in [1.807, 2.05) is 28.8 Å². The van der Waals surface area contributed by atoms with E-state index in [0.29, 0.717) is 23.3 Å². The lowest BCUT2D eigenvalue weighted by Crippen LogP contribution is -2.58. The summed E-state index contributed by atoms with van der Waals surface area (Å²) in [6, 6.07) is 13.3. The van der Waals surface area contributed by atoms with E-state index in [1.165, 1.54) is 70.3 Å². The maximum atomic E-state index is 14.0. The van der Waals surface area contributed by atoms with E-state index in [4.69, 9.17) is 4.98 Å². The minimum absolute atomic E-state index is 0.0653. The standard InChI is InChI=1S/C31H38N4O2/c36-29-17-22(12-13-32-29)30-31(37)35(28-11-4-3-10-27(28)33-30)26-18-23-8-5-9-24(19-26)34(23)25-15-20-6-1-2-7-21(14-20)16-25/h3-4,10-13,17,20-21,23-26H,1-2,5-9,14-16,18-19H2,(H,32,36). The van der Waals surface area contributed by atoms with Crippen LogP contribution in [0.15, 0.2) is 52.2 Å². The molecular weight excluding hydrogens is 460 g/mol. The molecule has 0 radical (unpaired) electrons. The highest BCUT2D eigenvalue weighted by Gasteiger charge is 2.45. The molecule has 4 fully saturated rings. The van der Waals surface area contributed by atoms with Gasteiger partial charge in [0.15, 0.2) is 0 Å². The van der Waals surface area contributed by atoms with Gasteiger partial charge in [0.05, 0.1) is 11.0 Å². The number of nitrogens with zero attached hydrogens (tertiary/aromatic N) is 3. The SMILES string of the molecule is O=c1cc(-c2nc3ccccc3n(C3CC4CCCC(C3)N4C3CC4CCCCC(C4)C3)c2=O)cc[nH]1. The lowest BCUT2D eigenvalue weighted by molar-refractivity contribution is -0.0420. The zero-order valence-corrected chi connectivity index (χ0v) is 21.6. The van der Waals surface area contributed by atoms with E-state index in [0.717, 1.165) is 41.8 Å². The molecule has 4 heterocycles. The van der Waals surface area contributed by atoms with Gasteiger partial charge in [-0.25, -0.2) is 4.98 Å². The van der Waals surface area contributed by atoms with Gasteiger partial charge in [0, 0.05) is 42.0 Å². The summed E-state index contributed by atoms with van der Waals surface area (Å²) in [4.78, 5) is 36.4. The van der Waals surface area contributed by atoms with Gasteiger partial charge in [0.2, 0.25) is 5.56 Å². The smallest absolute Gasteiger partial charge is 0.277 e. The first kappa shape index (κ1) is 23.4. The first-order valence-electron chi connectivity index (χ1n) is 14.6. The summed E-state index contributed by atoms with van der Waals surface area (Å²) >= 11 is 0. The highest BCUT2D eigenvalue weighted by Crippen LogP contribution is 2.47. The zero-order valence-electron chi connectivity index (χ0n) is 21.6. The summed E-state index contributed by atoms with van der Waals surface area (Å²) < 4.78 is 2.04. The fourth-order valence-electron chi connectivity index (χ4n) is 8.60. The monoisotopic (exact) mass is 498 g/mol. The molecule has 4 bridgehead atoms. The van der Waals surface area contributed by atoms with Gasteiger partial charge < -0.3 is 9.55 Å². The van der Waals surface area contributed by atoms with Crippen LogP contribution in [-0.4, -0.2) is 37.6 Å². The van der Waals surface area contributed by atoms with Gasteiger partial charge in [-0.3, -0.25) is 14.5 Å². The van der Waals surface area contributed by atoms with Crippen molar-refractivity contribution in [2.75, 3.05) is 0 Å². The number of aromatic nitrogens is 3. The molecule has 2 aliphatic heterocycles. The number of H-pyrrole nitrogens is 1. The Bertz CT molecular complexity index is 1380. The van der Waals surface area contributed by atoms with Crippen molar-refractivity contribution < 1.29 is 0 Å². The molecule has 2 saturated heterocycles. The van der Waals surface area contributed by atoms with Crippen molar-refractivity contribution >= 4 is 11.0 Å². The summed E-state index contributed by atoms with van der Waals surface area (Å²) in [5.74, 6) is 1.85. The van der Waals surface area contributed by atoms with Crippen LogP contribution in [0.25, 0.3) is 22.3 Å². The number of benzene rings is 1. The summed E-state index contributed by atoms with van der Waals surface area (Å²) in [6.45, 7) is 0. The predicted molar refractivity (Wildman–Crippen MR) is 147 cm³/mol. The zero-order chi connectivity index (χ0) is 24.9. The van der Waals surface area contributed by atoms with Crippen molar-refractivity contribution in [1.82, 2.24) is 19.4 Å². The fourth-order valence-corrected chi connectivity index (χ4v) is 8.60. The number of fused-ring (bicyclic) bond motifs is 5. The number of piperidine rings is 2. The van der Waals surface area contributed by atoms with Crippen molar-refractivity contribution in [2.24, 2.45) is 11.8 Å². The van der Waals surface area contributed by atoms with Crippen LogP contribution >= 0.6 is 0 Å². The number of hydrogen-bond donors (Lipinski definition) is 1. The van der Waals surface area contributed by atoms with Crippen LogP contribution in [-0.2, 0) is 0 Å². The third-order valence-corrected chi connectivity index (χ3v) is 9.99. The molecule has 7 rings (SSSR count). The largest absolute Gasteiger partial charge is 0.329 e. The molecule has 4 aliphatic rings. The number of rotatable bonds is 3. The van der Waals surface area contributed by atoms with Gasteiger partial charge in [-0.05, 0) is 75.0 Å². The average molecular weight is 499 g/mol. The Morgan fingerprint density at radius 3 is 2.22 bits per heavy atom. The maximum Gasteiger partial charge on any atom is 0.277 e. The lowest BCUT2D eigenvalue weighted by atomic mass is 9.73. The summed E-state index contributed by atoms with van der Waals surface area (Å²) in [7, 11) is 0. The van der Waals surface area contributed by atoms with Gasteiger partial charge in [-0.15, -0.1) is 0 Å². The minimum atomic E-state index is -0.214. The van der Waals surface area contributed by atoms with Gasteiger partial charge in [0.25, 0.3) is 5.56 Å². The van der Waals surface area contributed by atoms with Crippen LogP contribution in [0.4, 0.5) is 0 Å². The third-order valence-electron chi connectivity index (χ3n) is 9.99. The Hall–Kier alpha value is -2.73. The Balaban J connectivity index is 1.26. The minimum Gasteiger partial charge on any atom is -0.329 e. The Morgan fingerprint density at radius 2 is 1.49 bits per heavy atom. The van der Waals surface area contributed by atoms with Crippen LogP contribution in [0.2, 0.25) is 0 Å². The second kappa shape index (κ2) is 9.54. The molecule has 6 heteroatoms. The van der Waals surface area contributed by atoms with Crippen LogP contribution in [0.3, 0.4) is 0 Å². The topological polar surface area (TPSA) is 71.0 Å². The molecule has 4 unspecified atom stereocenters. The van der Waals surface area contributed by atoms with E-state index in [1.54, 1.807) is 12.3 Å². The summed E-state index contributed by atoms with van der Waals surface area (Å²) in [5.41, 5.74) is 2.44. The first-order chi connectivity index (χ1) is 18.1. The maximum absolute atomic E-state index is 14.0. The van der Waals surface area contributed by atoms with Gasteiger partial charge in [-0.1, -0.05) is 44.2 Å². The molecule has 1 aromatic carbocycles. The van der Waals surface area contributed by atoms with Gasteiger partial charge >= 0.3 is 0 Å². The number of nitrogens with one attached hydrogen (secondary N) is 1. The molecule has 6 nitrogen and oxygen atoms in total. The number of hydrogen-bond acceptors (Lipinski definition) is 4. The Kier molecular flexibility index (Phi) is 6.03. The first-order valence-corrected chi connectivity index (χ1v) is 14.6. The van der Waals surface area contributed by atoms with E-state index < -0.39 is 0 Å². The van der Waals surface area contributed by atoms with E-state index in [-0.39, 0.29) is 17.2 Å². The van der Waals surface area contributed by atoms with Crippen molar-refractivity contribution in [2.45, 2.75) is 101 Å². The van der Waals surface area contributed by atoms with E-state index >= 15 is 0 Å². The van der Waals surface area contributed by atoms with Crippen molar-refractivity contribution in [3.63, 3.8) is 0 Å². The van der Waals surface area contributed by atoms with Crippen molar-refractivity contribution in [3.05, 3.63) is 63.3 Å². The van der Waals surface area contributed by atoms with Crippen molar-refractivity contribution in [3.8, 4) is 11.3 Å². The molecule has 0 amide bonds. The van der Waals surface area contributed by atoms with Crippen molar-refractivity contribution in [1.29, 1.82) is 0 Å². The second-order valence-electron chi connectivity index (χ2n) is 12.3. The Morgan fingerprint density at radius 1 is 0.757 bits per heavy atom. The quantitative estimate of drug-likeness (QED) is 0.505. The highest BCUT2D eigenvalue weighted by atomic mass is 16.1. The second-order valence-corrected chi connectivity index (χ2v) is 12.3. The number of para-hydroxylation sites is 2. The molecule has 2 aromatic heterocycles. The molecule has 2 aliphatic carbocycles. The molecule has 2 saturated carbocycles. The summed E-state index contributed by atoms with van der Waals surface area (Å²) in [6.07, 6.45) is 17.4. The van der Waals surface area contributed by atoms with Crippen LogP contribution in [0.5, 0.6) is 0 Å². The lowest BCUT2D eigenvalue weighted by Gasteiger charge is -2.54. The van der Waals surface area contributed by atoms with Crippen LogP contribution < -0.4 is 11.1 Å². The predicted octanol–water partition coefficient (Wildman–Crippen LogP) is 5.67. The summed E-state index contributed by atoms with van der Waals surface area (Å²) in [5, 5.41) is 0. The van der Waals surface area contributed by atoms with Gasteiger partial charge in [0.1, 0.15) is 5.69 Å². The van der Waals surface area contributed by atoms with Gasteiger partial charge in [-0.2, -0.15) is 0 Å². The molecule has 3 aromatic rings. The molecule has 4 atom stereocenters. The molecule has 1 N–H and O–H groups in total. The average Bonchev–Trinajstić information content (AvgIpc) is 3.07.